The first-order valence-corrected chi connectivity index (χ1v) is 12.3. The number of nitrogens with one attached hydrogen (secondary N) is 2. The average molecular weight is 505 g/mol. The van der Waals surface area contributed by atoms with E-state index in [1.54, 1.807) is 7.05 Å². The number of benzene rings is 2. The number of fused-ring (bicyclic) bond motifs is 2. The quantitative estimate of drug-likeness (QED) is 0.409. The number of imidazole rings is 1. The van der Waals surface area contributed by atoms with Crippen LogP contribution in [0.15, 0.2) is 54.6 Å². The van der Waals surface area contributed by atoms with Gasteiger partial charge in [0.15, 0.2) is 11.8 Å². The monoisotopic (exact) mass is 504 g/mol. The molecular formula is C27H25ClN4O4. The number of ether oxygens (including phenoxy) is 3. The lowest BCUT2D eigenvalue weighted by molar-refractivity contribution is -0.119. The summed E-state index contributed by atoms with van der Waals surface area (Å²) in [5.74, 6) is -0.00642. The summed E-state index contributed by atoms with van der Waals surface area (Å²) in [4.78, 5) is 24.0. The SMILES string of the molecule is CNC(=O)Cc1ccc(-c2ccc(-c3nc4nc(O[C@@H]5CO[C@@H]6CCO[C@@H]65)[nH]c4cc3Cl)cc2)cc1. The fourth-order valence-corrected chi connectivity index (χ4v) is 5.00. The lowest BCUT2D eigenvalue weighted by Gasteiger charge is -2.15. The number of rotatable bonds is 6. The largest absolute Gasteiger partial charge is 0.456 e. The van der Waals surface area contributed by atoms with Crippen LogP contribution in [0.1, 0.15) is 12.0 Å². The number of nitrogens with zero attached hydrogens (tertiary/aromatic N) is 2. The highest BCUT2D eigenvalue weighted by Crippen LogP contribution is 2.33. The molecule has 2 aromatic heterocycles. The minimum Gasteiger partial charge on any atom is -0.456 e. The second kappa shape index (κ2) is 9.54. The van der Waals surface area contributed by atoms with Gasteiger partial charge in [-0.2, -0.15) is 4.98 Å². The molecule has 2 aromatic carbocycles. The number of hydrogen-bond donors (Lipinski definition) is 2. The highest BCUT2D eigenvalue weighted by atomic mass is 35.5. The summed E-state index contributed by atoms with van der Waals surface area (Å²) < 4.78 is 17.5. The maximum absolute atomic E-state index is 11.6. The van der Waals surface area contributed by atoms with Gasteiger partial charge in [-0.05, 0) is 29.2 Å². The molecule has 0 bridgehead atoms. The van der Waals surface area contributed by atoms with Crippen molar-refractivity contribution in [3.8, 4) is 28.4 Å². The van der Waals surface area contributed by atoms with E-state index in [1.165, 1.54) is 0 Å². The van der Waals surface area contributed by atoms with Crippen LogP contribution in [0.5, 0.6) is 6.01 Å². The molecule has 8 nitrogen and oxygen atoms in total. The number of hydrogen-bond acceptors (Lipinski definition) is 6. The van der Waals surface area contributed by atoms with Crippen molar-refractivity contribution in [3.05, 3.63) is 65.2 Å². The van der Waals surface area contributed by atoms with Gasteiger partial charge in [0, 0.05) is 19.2 Å². The van der Waals surface area contributed by atoms with Crippen molar-refractivity contribution in [2.45, 2.75) is 31.2 Å². The summed E-state index contributed by atoms with van der Waals surface area (Å²) in [6.07, 6.45) is 1.11. The molecule has 2 aliphatic heterocycles. The first-order chi connectivity index (χ1) is 17.6. The zero-order valence-electron chi connectivity index (χ0n) is 19.7. The minimum atomic E-state index is -0.196. The van der Waals surface area contributed by atoms with Gasteiger partial charge in [-0.25, -0.2) is 4.98 Å². The van der Waals surface area contributed by atoms with Gasteiger partial charge >= 0.3 is 0 Å². The Hall–Kier alpha value is -3.46. The Labute approximate surface area is 213 Å². The second-order valence-electron chi connectivity index (χ2n) is 9.01. The van der Waals surface area contributed by atoms with Crippen molar-refractivity contribution in [2.75, 3.05) is 20.3 Å². The van der Waals surface area contributed by atoms with Crippen LogP contribution in [0.4, 0.5) is 0 Å². The van der Waals surface area contributed by atoms with Gasteiger partial charge in [0.05, 0.1) is 35.4 Å². The molecule has 0 unspecified atom stereocenters. The average Bonchev–Trinajstić information content (AvgIpc) is 3.61. The molecule has 184 valence electrons. The van der Waals surface area contributed by atoms with Gasteiger partial charge in [0.2, 0.25) is 5.91 Å². The number of H-pyrrole nitrogens is 1. The summed E-state index contributed by atoms with van der Waals surface area (Å²) in [7, 11) is 1.64. The van der Waals surface area contributed by atoms with Gasteiger partial charge in [-0.1, -0.05) is 60.1 Å². The predicted molar refractivity (Wildman–Crippen MR) is 136 cm³/mol. The van der Waals surface area contributed by atoms with Gasteiger partial charge in [0.1, 0.15) is 6.10 Å². The fraction of sp³-hybridized carbons (Fsp3) is 0.296. The highest BCUT2D eigenvalue weighted by molar-refractivity contribution is 6.33. The van der Waals surface area contributed by atoms with Crippen LogP contribution in [-0.2, 0) is 20.7 Å². The molecule has 0 radical (unpaired) electrons. The number of aromatic amines is 1. The van der Waals surface area contributed by atoms with E-state index in [4.69, 9.17) is 30.8 Å². The van der Waals surface area contributed by atoms with Gasteiger partial charge in [-0.15, -0.1) is 0 Å². The summed E-state index contributed by atoms with van der Waals surface area (Å²) in [5.41, 5.74) is 5.87. The lowest BCUT2D eigenvalue weighted by atomic mass is 10.0. The molecular weight excluding hydrogens is 480 g/mol. The molecule has 0 aliphatic carbocycles. The van der Waals surface area contributed by atoms with Crippen molar-refractivity contribution < 1.29 is 19.0 Å². The number of amides is 1. The van der Waals surface area contributed by atoms with Crippen LogP contribution in [0.2, 0.25) is 5.02 Å². The lowest BCUT2D eigenvalue weighted by Crippen LogP contribution is -2.32. The molecule has 9 heteroatoms. The van der Waals surface area contributed by atoms with Crippen molar-refractivity contribution >= 4 is 28.7 Å². The molecule has 1 amide bonds. The molecule has 0 saturated carbocycles. The molecule has 2 saturated heterocycles. The summed E-state index contributed by atoms with van der Waals surface area (Å²) in [5, 5.41) is 3.16. The van der Waals surface area contributed by atoms with E-state index in [1.807, 2.05) is 54.6 Å². The Morgan fingerprint density at radius 1 is 1.08 bits per heavy atom. The first kappa shape index (κ1) is 23.0. The first-order valence-electron chi connectivity index (χ1n) is 11.9. The number of carbonyl (C=O) groups excluding carboxylic acids is 1. The zero-order valence-corrected chi connectivity index (χ0v) is 20.4. The highest BCUT2D eigenvalue weighted by Gasteiger charge is 2.43. The van der Waals surface area contributed by atoms with Crippen LogP contribution in [0, 0.1) is 0 Å². The summed E-state index contributed by atoms with van der Waals surface area (Å²) >= 11 is 6.59. The summed E-state index contributed by atoms with van der Waals surface area (Å²) in [6.45, 7) is 1.17. The van der Waals surface area contributed by atoms with Crippen LogP contribution in [-0.4, -0.2) is 59.4 Å². The van der Waals surface area contributed by atoms with E-state index in [0.29, 0.717) is 47.5 Å². The van der Waals surface area contributed by atoms with Gasteiger partial charge in [0.25, 0.3) is 6.01 Å². The smallest absolute Gasteiger partial charge is 0.296 e. The fourth-order valence-electron chi connectivity index (χ4n) is 4.74. The number of aromatic nitrogens is 3. The van der Waals surface area contributed by atoms with E-state index in [0.717, 1.165) is 28.7 Å². The molecule has 4 heterocycles. The molecule has 3 atom stereocenters. The molecule has 2 fully saturated rings. The third kappa shape index (κ3) is 4.43. The van der Waals surface area contributed by atoms with E-state index >= 15 is 0 Å². The number of halogens is 1. The molecule has 6 rings (SSSR count). The maximum Gasteiger partial charge on any atom is 0.296 e. The number of carbonyl (C=O) groups is 1. The molecule has 0 spiro atoms. The Morgan fingerprint density at radius 2 is 1.81 bits per heavy atom. The molecule has 4 aromatic rings. The Bertz CT molecular complexity index is 1400. The molecule has 2 aliphatic rings. The van der Waals surface area contributed by atoms with E-state index < -0.39 is 0 Å². The van der Waals surface area contributed by atoms with Crippen LogP contribution in [0.3, 0.4) is 0 Å². The van der Waals surface area contributed by atoms with Crippen LogP contribution >= 0.6 is 11.6 Å². The minimum absolute atomic E-state index is 0.00642. The van der Waals surface area contributed by atoms with Gasteiger partial charge < -0.3 is 24.5 Å². The Morgan fingerprint density at radius 3 is 2.56 bits per heavy atom. The number of pyridine rings is 1. The van der Waals surface area contributed by atoms with Crippen LogP contribution < -0.4 is 10.1 Å². The standard InChI is InChI=1S/C27H25ClN4O4/c1-29-23(33)12-15-2-4-16(5-3-15)17-6-8-18(9-7-17)24-19(28)13-20-26(31-24)32-27(30-20)36-22-14-35-21-10-11-34-25(21)22/h2-9,13,21-22,25H,10-12,14H2,1H3,(H,29,33)(H,30,31,32)/t21-,22-,25+/m1/s1. The second-order valence-corrected chi connectivity index (χ2v) is 9.42. The normalized spacial score (nSPS) is 21.0. The number of likely N-dealkylation sites (N-methyl/N-ethyl adjacent to an activating group) is 1. The summed E-state index contributed by atoms with van der Waals surface area (Å²) in [6, 6.07) is 18.2. The third-order valence-electron chi connectivity index (χ3n) is 6.68. The Kier molecular flexibility index (Phi) is 6.08. The van der Waals surface area contributed by atoms with Crippen LogP contribution in [0.25, 0.3) is 33.5 Å². The van der Waals surface area contributed by atoms with Crippen molar-refractivity contribution in [1.29, 1.82) is 0 Å². The predicted octanol–water partition coefficient (Wildman–Crippen LogP) is 4.17. The molecule has 2 N–H and O–H groups in total. The molecule has 36 heavy (non-hydrogen) atoms. The van der Waals surface area contributed by atoms with Gasteiger partial charge in [-0.3, -0.25) is 4.79 Å². The van der Waals surface area contributed by atoms with Crippen molar-refractivity contribution in [2.24, 2.45) is 0 Å². The van der Waals surface area contributed by atoms with E-state index in [9.17, 15) is 4.79 Å². The topological polar surface area (TPSA) is 98.4 Å². The van der Waals surface area contributed by atoms with Crippen molar-refractivity contribution in [1.82, 2.24) is 20.3 Å². The van der Waals surface area contributed by atoms with E-state index in [2.05, 4.69) is 15.3 Å². The van der Waals surface area contributed by atoms with Crippen molar-refractivity contribution in [3.63, 3.8) is 0 Å². The maximum atomic E-state index is 11.6. The van der Waals surface area contributed by atoms with E-state index in [-0.39, 0.29) is 24.2 Å². The zero-order chi connectivity index (χ0) is 24.6. The Balaban J connectivity index is 1.20. The third-order valence-corrected chi connectivity index (χ3v) is 6.97.